The number of nitriles is 2. The smallest absolute Gasteiger partial charge is 0.0996 e. The van der Waals surface area contributed by atoms with E-state index in [0.29, 0.717) is 6.42 Å². The predicted molar refractivity (Wildman–Crippen MR) is 28.5 cm³/mol. The van der Waals surface area contributed by atoms with Crippen LogP contribution in [0, 0.1) is 22.7 Å². The molecule has 38 valence electrons. The van der Waals surface area contributed by atoms with Crippen LogP contribution in [0.2, 0.25) is 0 Å². The molecule has 8 heavy (non-hydrogen) atoms. The maximum atomic E-state index is 7.95. The molecule has 2 heteroatoms. The molecule has 0 aliphatic heterocycles. The van der Waals surface area contributed by atoms with Crippen molar-refractivity contribution in [2.24, 2.45) is 0 Å². The third-order valence-corrected chi connectivity index (χ3v) is 0.459. The Bertz CT molecular complexity index is 184. The molecule has 0 atom stereocenters. The molecule has 0 aliphatic rings. The lowest BCUT2D eigenvalue weighted by Crippen LogP contribution is -1.49. The second-order valence-electron chi connectivity index (χ2n) is 1.01. The van der Waals surface area contributed by atoms with E-state index in [2.05, 4.69) is 5.73 Å². The summed E-state index contributed by atoms with van der Waals surface area (Å²) >= 11 is 0. The molecule has 0 rings (SSSR count). The molecule has 0 saturated heterocycles. The average Bonchev–Trinajstić information content (AvgIpc) is 1.81. The Morgan fingerprint density at radius 1 is 1.38 bits per heavy atom. The van der Waals surface area contributed by atoms with Crippen molar-refractivity contribution in [3.63, 3.8) is 0 Å². The Morgan fingerprint density at radius 2 is 2.12 bits per heavy atom. The number of hydrogen-bond acceptors (Lipinski definition) is 2. The third-order valence-electron chi connectivity index (χ3n) is 0.459. The van der Waals surface area contributed by atoms with Crippen molar-refractivity contribution in [3.8, 4) is 12.1 Å². The highest BCUT2D eigenvalue weighted by Crippen LogP contribution is 1.73. The fourth-order valence-electron chi connectivity index (χ4n) is 0.201. The van der Waals surface area contributed by atoms with Gasteiger partial charge in [-0.3, -0.25) is 0 Å². The molecule has 0 heterocycles. The molecule has 0 aromatic rings. The minimum atomic E-state index is 0.318. The zero-order chi connectivity index (χ0) is 6.24. The largest absolute Gasteiger partial charge is 0.198 e. The van der Waals surface area contributed by atoms with Crippen LogP contribution in [0.4, 0.5) is 0 Å². The Morgan fingerprint density at radius 3 is 2.62 bits per heavy atom. The molecule has 0 aromatic heterocycles. The Labute approximate surface area is 48.0 Å². The van der Waals surface area contributed by atoms with Crippen LogP contribution in [0.15, 0.2) is 17.9 Å². The first-order valence-electron chi connectivity index (χ1n) is 2.08. The van der Waals surface area contributed by atoms with E-state index in [1.165, 1.54) is 12.2 Å². The first-order chi connectivity index (χ1) is 3.91. The lowest BCUT2D eigenvalue weighted by atomic mass is 10.4. The first-order valence-corrected chi connectivity index (χ1v) is 2.08. The molecule has 2 nitrogen and oxygen atoms in total. The lowest BCUT2D eigenvalue weighted by molar-refractivity contribution is 1.36. The number of rotatable bonds is 1. The van der Waals surface area contributed by atoms with Gasteiger partial charge in [-0.2, -0.15) is 10.5 Å². The van der Waals surface area contributed by atoms with Gasteiger partial charge in [0.15, 0.2) is 0 Å². The molecule has 0 amide bonds. The third kappa shape index (κ3) is 4.50. The minimum absolute atomic E-state index is 0.318. The summed E-state index contributed by atoms with van der Waals surface area (Å²) in [6.45, 7) is 0. The van der Waals surface area contributed by atoms with Gasteiger partial charge in [0.1, 0.15) is 0 Å². The van der Waals surface area contributed by atoms with E-state index in [1.807, 2.05) is 6.07 Å². The van der Waals surface area contributed by atoms with Gasteiger partial charge in [-0.15, -0.1) is 5.73 Å². The van der Waals surface area contributed by atoms with Gasteiger partial charge < -0.3 is 0 Å². The molecular formula is C6H4N2. The van der Waals surface area contributed by atoms with Crippen LogP contribution >= 0.6 is 0 Å². The van der Waals surface area contributed by atoms with Gasteiger partial charge in [-0.25, -0.2) is 0 Å². The summed E-state index contributed by atoms with van der Waals surface area (Å²) < 4.78 is 0. The van der Waals surface area contributed by atoms with Gasteiger partial charge in [0, 0.05) is 0 Å². The van der Waals surface area contributed by atoms with E-state index in [4.69, 9.17) is 10.5 Å². The summed E-state index contributed by atoms with van der Waals surface area (Å²) in [6, 6.07) is 3.63. The molecule has 0 spiro atoms. The van der Waals surface area contributed by atoms with E-state index in [0.717, 1.165) is 0 Å². The normalized spacial score (nSPS) is 5.25. The second-order valence-corrected chi connectivity index (χ2v) is 1.01. The van der Waals surface area contributed by atoms with Crippen molar-refractivity contribution in [2.75, 3.05) is 0 Å². The molecule has 0 radical (unpaired) electrons. The Hall–Kier alpha value is -1.50. The van der Waals surface area contributed by atoms with E-state index >= 15 is 0 Å². The molecule has 0 fully saturated rings. The molecule has 0 unspecified atom stereocenters. The van der Waals surface area contributed by atoms with E-state index < -0.39 is 0 Å². The first kappa shape index (κ1) is 6.50. The molecule has 0 aliphatic carbocycles. The highest BCUT2D eigenvalue weighted by molar-refractivity contribution is 5.02. The summed E-state index contributed by atoms with van der Waals surface area (Å²) in [5.74, 6) is 0. The highest BCUT2D eigenvalue weighted by Gasteiger charge is 1.62. The summed E-state index contributed by atoms with van der Waals surface area (Å²) in [4.78, 5) is 0. The quantitative estimate of drug-likeness (QED) is 0.370. The van der Waals surface area contributed by atoms with Crippen LogP contribution in [0.5, 0.6) is 0 Å². The van der Waals surface area contributed by atoms with Gasteiger partial charge in [0.05, 0.1) is 24.6 Å². The van der Waals surface area contributed by atoms with Gasteiger partial charge >= 0.3 is 0 Å². The van der Waals surface area contributed by atoms with Gasteiger partial charge in [-0.1, -0.05) is 0 Å². The predicted octanol–water partition coefficient (Wildman–Crippen LogP) is 1.13. The topological polar surface area (TPSA) is 47.6 Å². The molecule has 0 N–H and O–H groups in total. The van der Waals surface area contributed by atoms with Crippen LogP contribution in [0.3, 0.4) is 0 Å². The average molecular weight is 104 g/mol. The van der Waals surface area contributed by atoms with Gasteiger partial charge in [0.25, 0.3) is 0 Å². The lowest BCUT2D eigenvalue weighted by Gasteiger charge is -1.59. The van der Waals surface area contributed by atoms with Gasteiger partial charge in [-0.05, 0) is 6.08 Å². The van der Waals surface area contributed by atoms with Crippen molar-refractivity contribution >= 4 is 0 Å². The summed E-state index contributed by atoms with van der Waals surface area (Å²) in [5.41, 5.74) is 2.50. The van der Waals surface area contributed by atoms with E-state index in [9.17, 15) is 0 Å². The van der Waals surface area contributed by atoms with E-state index in [1.54, 1.807) is 6.07 Å². The number of hydrogen-bond donors (Lipinski definition) is 0. The van der Waals surface area contributed by atoms with Crippen LogP contribution in [-0.2, 0) is 0 Å². The Balaban J connectivity index is 3.56. The highest BCUT2D eigenvalue weighted by atomic mass is 14.2. The van der Waals surface area contributed by atoms with Crippen LogP contribution in [0.1, 0.15) is 6.42 Å². The van der Waals surface area contributed by atoms with Crippen molar-refractivity contribution in [2.45, 2.75) is 6.42 Å². The molecule has 0 bridgehead atoms. The van der Waals surface area contributed by atoms with Crippen molar-refractivity contribution < 1.29 is 0 Å². The van der Waals surface area contributed by atoms with Crippen molar-refractivity contribution in [1.29, 1.82) is 10.5 Å². The number of nitrogens with zero attached hydrogens (tertiary/aromatic N) is 2. The van der Waals surface area contributed by atoms with Crippen LogP contribution in [-0.4, -0.2) is 0 Å². The summed E-state index contributed by atoms with van der Waals surface area (Å²) in [6.07, 6.45) is 3.03. The van der Waals surface area contributed by atoms with Crippen molar-refractivity contribution in [3.05, 3.63) is 17.9 Å². The standard InChI is InChI=1S/C6H4N2/c7-5-3-1-2-4-6-8/h1,4H,3H2. The molecule has 0 aromatic carbocycles. The zero-order valence-corrected chi connectivity index (χ0v) is 4.26. The second kappa shape index (κ2) is 5.50. The maximum Gasteiger partial charge on any atom is 0.0996 e. The van der Waals surface area contributed by atoms with Crippen LogP contribution in [0.25, 0.3) is 0 Å². The fraction of sp³-hybridized carbons (Fsp3) is 0.167. The minimum Gasteiger partial charge on any atom is -0.198 e. The number of allylic oxidation sites excluding steroid dienone is 1. The maximum absolute atomic E-state index is 7.95. The Kier molecular flexibility index (Phi) is 4.47. The van der Waals surface area contributed by atoms with E-state index in [-0.39, 0.29) is 0 Å². The molecular weight excluding hydrogens is 100 g/mol. The molecule has 0 saturated carbocycles. The summed E-state index contributed by atoms with van der Waals surface area (Å²) in [7, 11) is 0. The SMILES string of the molecule is N#CC=C=CCC#N. The monoisotopic (exact) mass is 104 g/mol. The fourth-order valence-corrected chi connectivity index (χ4v) is 0.201. The van der Waals surface area contributed by atoms with Crippen LogP contribution < -0.4 is 0 Å². The zero-order valence-electron chi connectivity index (χ0n) is 4.26. The summed E-state index contributed by atoms with van der Waals surface area (Å²) in [5, 5.41) is 15.8. The van der Waals surface area contributed by atoms with Crippen molar-refractivity contribution in [1.82, 2.24) is 0 Å². The van der Waals surface area contributed by atoms with Gasteiger partial charge in [0.2, 0.25) is 0 Å².